The standard InChI is InChI=1S/C18H24F3N3O2/c1-13(2)10-24(12-18(19,20)21)15(25)11-23-9-8-22-17(26)16(23)14-6-4-3-5-7-14/h3-7,13,16H,8-12H2,1-2H3,(H,22,26). The third-order valence-corrected chi connectivity index (χ3v) is 4.07. The van der Waals surface area contributed by atoms with Gasteiger partial charge in [-0.05, 0) is 11.5 Å². The van der Waals surface area contributed by atoms with Crippen LogP contribution in [0.4, 0.5) is 13.2 Å². The molecule has 1 aromatic rings. The Balaban J connectivity index is 2.16. The largest absolute Gasteiger partial charge is 0.406 e. The van der Waals surface area contributed by atoms with E-state index >= 15 is 0 Å². The first kappa shape index (κ1) is 20.2. The highest BCUT2D eigenvalue weighted by atomic mass is 19.4. The number of nitrogens with zero attached hydrogens (tertiary/aromatic N) is 2. The Morgan fingerprint density at radius 1 is 1.31 bits per heavy atom. The lowest BCUT2D eigenvalue weighted by Crippen LogP contribution is -2.54. The molecule has 0 bridgehead atoms. The molecule has 1 saturated heterocycles. The molecule has 5 nitrogen and oxygen atoms in total. The van der Waals surface area contributed by atoms with E-state index in [4.69, 9.17) is 0 Å². The van der Waals surface area contributed by atoms with Crippen LogP contribution in [-0.2, 0) is 9.59 Å². The highest BCUT2D eigenvalue weighted by molar-refractivity contribution is 5.85. The molecule has 2 rings (SSSR count). The summed E-state index contributed by atoms with van der Waals surface area (Å²) in [6, 6.07) is 8.25. The van der Waals surface area contributed by atoms with Crippen LogP contribution in [-0.4, -0.2) is 60.5 Å². The number of carbonyl (C=O) groups is 2. The highest BCUT2D eigenvalue weighted by Crippen LogP contribution is 2.24. The first-order valence-electron chi connectivity index (χ1n) is 8.58. The summed E-state index contributed by atoms with van der Waals surface area (Å²) >= 11 is 0. The van der Waals surface area contributed by atoms with Crippen LogP contribution in [0.2, 0.25) is 0 Å². The van der Waals surface area contributed by atoms with Crippen LogP contribution in [0.3, 0.4) is 0 Å². The van der Waals surface area contributed by atoms with Gasteiger partial charge in [0.2, 0.25) is 11.8 Å². The lowest BCUT2D eigenvalue weighted by atomic mass is 10.0. The van der Waals surface area contributed by atoms with Crippen LogP contribution in [0, 0.1) is 5.92 Å². The van der Waals surface area contributed by atoms with Crippen molar-refractivity contribution in [2.75, 3.05) is 32.7 Å². The molecule has 1 fully saturated rings. The molecule has 1 aliphatic rings. The minimum Gasteiger partial charge on any atom is -0.353 e. The number of benzene rings is 1. The predicted molar refractivity (Wildman–Crippen MR) is 91.2 cm³/mol. The maximum Gasteiger partial charge on any atom is 0.406 e. The maximum absolute atomic E-state index is 12.8. The molecular weight excluding hydrogens is 347 g/mol. The van der Waals surface area contributed by atoms with E-state index in [0.717, 1.165) is 4.90 Å². The number of amides is 2. The van der Waals surface area contributed by atoms with Gasteiger partial charge >= 0.3 is 6.18 Å². The first-order chi connectivity index (χ1) is 12.2. The van der Waals surface area contributed by atoms with E-state index in [0.29, 0.717) is 18.7 Å². The number of alkyl halides is 3. The van der Waals surface area contributed by atoms with Crippen molar-refractivity contribution in [1.82, 2.24) is 15.1 Å². The quantitative estimate of drug-likeness (QED) is 0.834. The average molecular weight is 371 g/mol. The monoisotopic (exact) mass is 371 g/mol. The van der Waals surface area contributed by atoms with Crippen LogP contribution in [0.5, 0.6) is 0 Å². The fourth-order valence-corrected chi connectivity index (χ4v) is 3.07. The number of halogens is 3. The van der Waals surface area contributed by atoms with Gasteiger partial charge in [0, 0.05) is 19.6 Å². The number of hydrogen-bond donors (Lipinski definition) is 1. The molecule has 144 valence electrons. The van der Waals surface area contributed by atoms with Crippen molar-refractivity contribution in [2.45, 2.75) is 26.1 Å². The molecule has 0 radical (unpaired) electrons. The molecule has 2 amide bonds. The number of hydrogen-bond acceptors (Lipinski definition) is 3. The summed E-state index contributed by atoms with van der Waals surface area (Å²) < 4.78 is 38.5. The zero-order valence-corrected chi connectivity index (χ0v) is 14.9. The van der Waals surface area contributed by atoms with E-state index in [1.807, 2.05) is 6.07 Å². The summed E-state index contributed by atoms with van der Waals surface area (Å²) in [6.45, 7) is 2.80. The van der Waals surface area contributed by atoms with E-state index in [9.17, 15) is 22.8 Å². The lowest BCUT2D eigenvalue weighted by molar-refractivity contribution is -0.163. The van der Waals surface area contributed by atoms with Crippen molar-refractivity contribution in [1.29, 1.82) is 0 Å². The van der Waals surface area contributed by atoms with Crippen LogP contribution in [0.15, 0.2) is 30.3 Å². The van der Waals surface area contributed by atoms with E-state index in [1.165, 1.54) is 0 Å². The second-order valence-corrected chi connectivity index (χ2v) is 6.86. The van der Waals surface area contributed by atoms with Gasteiger partial charge in [0.25, 0.3) is 0 Å². The molecule has 1 aromatic carbocycles. The van der Waals surface area contributed by atoms with E-state index in [-0.39, 0.29) is 24.9 Å². The lowest BCUT2D eigenvalue weighted by Gasteiger charge is -2.36. The Bertz CT molecular complexity index is 620. The zero-order chi connectivity index (χ0) is 19.3. The molecule has 0 aliphatic carbocycles. The molecule has 1 heterocycles. The smallest absolute Gasteiger partial charge is 0.353 e. The van der Waals surface area contributed by atoms with Crippen molar-refractivity contribution in [3.63, 3.8) is 0 Å². The average Bonchev–Trinajstić information content (AvgIpc) is 2.53. The summed E-state index contributed by atoms with van der Waals surface area (Å²) in [4.78, 5) is 27.3. The van der Waals surface area contributed by atoms with E-state index in [2.05, 4.69) is 5.32 Å². The molecular formula is C18H24F3N3O2. The number of rotatable bonds is 6. The predicted octanol–water partition coefficient (Wildman–Crippen LogP) is 2.21. The second-order valence-electron chi connectivity index (χ2n) is 6.86. The molecule has 8 heteroatoms. The van der Waals surface area contributed by atoms with E-state index < -0.39 is 24.7 Å². The molecule has 0 aromatic heterocycles. The Labute approximate surface area is 151 Å². The van der Waals surface area contributed by atoms with Gasteiger partial charge in [-0.3, -0.25) is 14.5 Å². The summed E-state index contributed by atoms with van der Waals surface area (Å²) in [5.41, 5.74) is 0.712. The fraction of sp³-hybridized carbons (Fsp3) is 0.556. The van der Waals surface area contributed by atoms with Crippen molar-refractivity contribution in [3.8, 4) is 0 Å². The highest BCUT2D eigenvalue weighted by Gasteiger charge is 2.36. The summed E-state index contributed by atoms with van der Waals surface area (Å²) in [5.74, 6) is -0.955. The minimum atomic E-state index is -4.46. The Morgan fingerprint density at radius 3 is 2.54 bits per heavy atom. The topological polar surface area (TPSA) is 52.7 Å². The zero-order valence-electron chi connectivity index (χ0n) is 14.9. The maximum atomic E-state index is 12.8. The molecule has 1 aliphatic heterocycles. The van der Waals surface area contributed by atoms with Gasteiger partial charge in [-0.15, -0.1) is 0 Å². The number of nitrogens with one attached hydrogen (secondary N) is 1. The normalized spacial score (nSPS) is 18.7. The third kappa shape index (κ3) is 5.72. The molecule has 0 saturated carbocycles. The van der Waals surface area contributed by atoms with Crippen LogP contribution < -0.4 is 5.32 Å². The Kier molecular flexibility index (Phi) is 6.63. The molecule has 1 atom stereocenters. The third-order valence-electron chi connectivity index (χ3n) is 4.07. The van der Waals surface area contributed by atoms with Gasteiger partial charge in [0.1, 0.15) is 12.6 Å². The van der Waals surface area contributed by atoms with Crippen molar-refractivity contribution in [3.05, 3.63) is 35.9 Å². The number of carbonyl (C=O) groups excluding carboxylic acids is 2. The van der Waals surface area contributed by atoms with Crippen LogP contribution >= 0.6 is 0 Å². The van der Waals surface area contributed by atoms with Gasteiger partial charge in [-0.25, -0.2) is 0 Å². The minimum absolute atomic E-state index is 0.0222. The molecule has 1 unspecified atom stereocenters. The molecule has 0 spiro atoms. The van der Waals surface area contributed by atoms with Gasteiger partial charge in [0.05, 0.1) is 6.54 Å². The van der Waals surface area contributed by atoms with Crippen LogP contribution in [0.25, 0.3) is 0 Å². The summed E-state index contributed by atoms with van der Waals surface area (Å²) in [7, 11) is 0. The van der Waals surface area contributed by atoms with Crippen molar-refractivity contribution < 1.29 is 22.8 Å². The van der Waals surface area contributed by atoms with Gasteiger partial charge in [-0.2, -0.15) is 13.2 Å². The fourth-order valence-electron chi connectivity index (χ4n) is 3.07. The number of piperazine rings is 1. The van der Waals surface area contributed by atoms with Crippen molar-refractivity contribution in [2.24, 2.45) is 5.92 Å². The van der Waals surface area contributed by atoms with E-state index in [1.54, 1.807) is 43.0 Å². The van der Waals surface area contributed by atoms with Gasteiger partial charge < -0.3 is 10.2 Å². The Morgan fingerprint density at radius 2 is 1.96 bits per heavy atom. The molecule has 26 heavy (non-hydrogen) atoms. The summed E-state index contributed by atoms with van der Waals surface area (Å²) in [6.07, 6.45) is -4.46. The second kappa shape index (κ2) is 8.53. The van der Waals surface area contributed by atoms with Gasteiger partial charge in [-0.1, -0.05) is 44.2 Å². The SMILES string of the molecule is CC(C)CN(CC(F)(F)F)C(=O)CN1CCNC(=O)C1c1ccccc1. The van der Waals surface area contributed by atoms with Crippen LogP contribution in [0.1, 0.15) is 25.5 Å². The first-order valence-corrected chi connectivity index (χ1v) is 8.58. The Hall–Kier alpha value is -2.09. The van der Waals surface area contributed by atoms with Gasteiger partial charge in [0.15, 0.2) is 0 Å². The van der Waals surface area contributed by atoms with Crippen molar-refractivity contribution >= 4 is 11.8 Å². The summed E-state index contributed by atoms with van der Waals surface area (Å²) in [5, 5.41) is 2.75. The molecule has 1 N–H and O–H groups in total.